The molecule has 2 aromatic carbocycles. The molecule has 6 rings (SSSR count). The second-order valence-corrected chi connectivity index (χ2v) is 10.9. The summed E-state index contributed by atoms with van der Waals surface area (Å²) in [4.78, 5) is 31.2. The van der Waals surface area contributed by atoms with E-state index < -0.39 is 11.5 Å². The average molecular weight is 564 g/mol. The largest absolute Gasteiger partial charge is 0.395 e. The monoisotopic (exact) mass is 563 g/mol. The number of carbonyl (C=O) groups is 1. The first-order valence-corrected chi connectivity index (χ1v) is 13.7. The lowest BCUT2D eigenvalue weighted by atomic mass is 9.95. The standard InChI is InChI=1S/C29H31F2N7O3/c1-29(2,31)27-34-25(35-41-27)18-8-10-36(11-9-18)26-21-5-3-4-20(24(21)32-17-33-26)19-6-7-23(22(30)16-19)38-13-12-37(14-15-39)28(38)40/h3-7,16-18,39H,8-15H2,1-2H3. The molecule has 2 saturated heterocycles. The number of rotatable bonds is 7. The highest BCUT2D eigenvalue weighted by molar-refractivity contribution is 6.00. The molecule has 1 N–H and O–H groups in total. The predicted molar refractivity (Wildman–Crippen MR) is 149 cm³/mol. The molecular weight excluding hydrogens is 532 g/mol. The van der Waals surface area contributed by atoms with Gasteiger partial charge < -0.3 is 19.4 Å². The van der Waals surface area contributed by atoms with Crippen molar-refractivity contribution < 1.29 is 23.2 Å². The molecule has 2 amide bonds. The number of aromatic nitrogens is 4. The molecule has 2 aliphatic heterocycles. The summed E-state index contributed by atoms with van der Waals surface area (Å²) in [5.41, 5.74) is 0.629. The smallest absolute Gasteiger partial charge is 0.324 e. The van der Waals surface area contributed by atoms with Crippen LogP contribution in [-0.4, -0.2) is 75.5 Å². The molecule has 4 heterocycles. The molecule has 0 spiro atoms. The Bertz CT molecular complexity index is 1580. The van der Waals surface area contributed by atoms with Crippen LogP contribution in [0, 0.1) is 5.82 Å². The lowest BCUT2D eigenvalue weighted by Gasteiger charge is -2.32. The number of para-hydroxylation sites is 1. The van der Waals surface area contributed by atoms with Crippen LogP contribution in [0.2, 0.25) is 0 Å². The maximum absolute atomic E-state index is 15.3. The number of piperidine rings is 1. The molecule has 0 aliphatic carbocycles. The van der Waals surface area contributed by atoms with E-state index >= 15 is 4.39 Å². The minimum Gasteiger partial charge on any atom is -0.395 e. The Morgan fingerprint density at radius 3 is 2.61 bits per heavy atom. The van der Waals surface area contributed by atoms with Crippen molar-refractivity contribution in [1.82, 2.24) is 25.0 Å². The lowest BCUT2D eigenvalue weighted by molar-refractivity contribution is 0.155. The molecule has 0 bridgehead atoms. The van der Waals surface area contributed by atoms with Crippen LogP contribution in [0.5, 0.6) is 0 Å². The van der Waals surface area contributed by atoms with Gasteiger partial charge in [-0.1, -0.05) is 23.4 Å². The Morgan fingerprint density at radius 2 is 1.90 bits per heavy atom. The third kappa shape index (κ3) is 5.08. The molecule has 0 radical (unpaired) electrons. The van der Waals surface area contributed by atoms with Crippen LogP contribution < -0.4 is 9.80 Å². The zero-order valence-corrected chi connectivity index (χ0v) is 22.9. The molecule has 4 aromatic rings. The van der Waals surface area contributed by atoms with Gasteiger partial charge in [0.2, 0.25) is 0 Å². The van der Waals surface area contributed by atoms with E-state index in [9.17, 15) is 14.3 Å². The number of aliphatic hydroxyl groups excluding tert-OH is 1. The minimum absolute atomic E-state index is 0.00979. The van der Waals surface area contributed by atoms with E-state index in [1.165, 1.54) is 36.0 Å². The fourth-order valence-electron chi connectivity index (χ4n) is 5.58. The van der Waals surface area contributed by atoms with Gasteiger partial charge in [0.25, 0.3) is 5.89 Å². The molecule has 0 atom stereocenters. The van der Waals surface area contributed by atoms with E-state index in [0.29, 0.717) is 43.1 Å². The number of urea groups is 1. The molecule has 2 fully saturated rings. The van der Waals surface area contributed by atoms with Crippen molar-refractivity contribution in [2.75, 3.05) is 49.1 Å². The summed E-state index contributed by atoms with van der Waals surface area (Å²) in [6, 6.07) is 10.3. The fourth-order valence-corrected chi connectivity index (χ4v) is 5.58. The van der Waals surface area contributed by atoms with Gasteiger partial charge in [0.1, 0.15) is 18.0 Å². The summed E-state index contributed by atoms with van der Waals surface area (Å²) in [7, 11) is 0. The third-order valence-corrected chi connectivity index (χ3v) is 7.77. The average Bonchev–Trinajstić information content (AvgIpc) is 3.61. The third-order valence-electron chi connectivity index (χ3n) is 7.77. The molecule has 41 heavy (non-hydrogen) atoms. The summed E-state index contributed by atoms with van der Waals surface area (Å²) >= 11 is 0. The Kier molecular flexibility index (Phi) is 7.02. The summed E-state index contributed by atoms with van der Waals surface area (Å²) in [6.45, 7) is 5.07. The van der Waals surface area contributed by atoms with Crippen LogP contribution in [0.1, 0.15) is 44.3 Å². The van der Waals surface area contributed by atoms with Gasteiger partial charge in [-0.05, 0) is 50.5 Å². The van der Waals surface area contributed by atoms with E-state index in [1.54, 1.807) is 12.1 Å². The number of halogens is 2. The Labute approximate surface area is 235 Å². The molecule has 0 saturated carbocycles. The summed E-state index contributed by atoms with van der Waals surface area (Å²) in [6.07, 6.45) is 3.04. The van der Waals surface area contributed by atoms with Crippen LogP contribution in [0.3, 0.4) is 0 Å². The number of nitrogens with zero attached hydrogens (tertiary/aromatic N) is 7. The Balaban J connectivity index is 1.23. The van der Waals surface area contributed by atoms with Gasteiger partial charge in [0.15, 0.2) is 11.5 Å². The van der Waals surface area contributed by atoms with Crippen molar-refractivity contribution >= 4 is 28.4 Å². The minimum atomic E-state index is -1.68. The van der Waals surface area contributed by atoms with Crippen molar-refractivity contribution in [3.05, 3.63) is 60.3 Å². The van der Waals surface area contributed by atoms with E-state index in [1.807, 2.05) is 18.2 Å². The molecule has 12 heteroatoms. The number of carbonyl (C=O) groups excluding carboxylic acids is 1. The molecular formula is C29H31F2N7O3. The zero-order valence-electron chi connectivity index (χ0n) is 22.9. The summed E-state index contributed by atoms with van der Waals surface area (Å²) in [5.74, 6) is 0.870. The van der Waals surface area contributed by atoms with Crippen molar-refractivity contribution in [1.29, 1.82) is 0 Å². The highest BCUT2D eigenvalue weighted by atomic mass is 19.1. The first-order valence-electron chi connectivity index (χ1n) is 13.7. The number of aliphatic hydroxyl groups is 1. The van der Waals surface area contributed by atoms with Crippen molar-refractivity contribution in [2.24, 2.45) is 0 Å². The number of benzene rings is 2. The second kappa shape index (κ2) is 10.7. The van der Waals surface area contributed by atoms with Gasteiger partial charge in [0.05, 0.1) is 17.8 Å². The maximum Gasteiger partial charge on any atom is 0.324 e. The molecule has 0 unspecified atom stereocenters. The van der Waals surface area contributed by atoms with E-state index in [2.05, 4.69) is 25.0 Å². The zero-order chi connectivity index (χ0) is 28.7. The number of anilines is 2. The highest BCUT2D eigenvalue weighted by Gasteiger charge is 2.32. The van der Waals surface area contributed by atoms with Crippen LogP contribution in [0.25, 0.3) is 22.0 Å². The number of amides is 2. The van der Waals surface area contributed by atoms with E-state index in [-0.39, 0.29) is 36.7 Å². The SMILES string of the molecule is CC(C)(F)c1nc(C2CCN(c3ncnc4c(-c5ccc(N6CCN(CCO)C6=O)c(F)c5)cccc34)CC2)no1. The van der Waals surface area contributed by atoms with Gasteiger partial charge in [-0.15, -0.1) is 0 Å². The van der Waals surface area contributed by atoms with Crippen LogP contribution in [-0.2, 0) is 5.67 Å². The molecule has 10 nitrogen and oxygen atoms in total. The predicted octanol–water partition coefficient (Wildman–Crippen LogP) is 4.64. The van der Waals surface area contributed by atoms with Crippen LogP contribution in [0.15, 0.2) is 47.2 Å². The fraction of sp³-hybridized carbons (Fsp3) is 0.414. The number of hydrogen-bond donors (Lipinski definition) is 1. The quantitative estimate of drug-likeness (QED) is 0.346. The summed E-state index contributed by atoms with van der Waals surface area (Å²) in [5, 5.41) is 14.0. The highest BCUT2D eigenvalue weighted by Crippen LogP contribution is 2.36. The van der Waals surface area contributed by atoms with Gasteiger partial charge in [-0.2, -0.15) is 4.98 Å². The lowest BCUT2D eigenvalue weighted by Crippen LogP contribution is -2.34. The summed E-state index contributed by atoms with van der Waals surface area (Å²) < 4.78 is 34.7. The topological polar surface area (TPSA) is 112 Å². The van der Waals surface area contributed by atoms with Gasteiger partial charge >= 0.3 is 6.03 Å². The molecule has 214 valence electrons. The Morgan fingerprint density at radius 1 is 1.10 bits per heavy atom. The van der Waals surface area contributed by atoms with Crippen molar-refractivity contribution in [2.45, 2.75) is 38.3 Å². The number of alkyl halides is 1. The van der Waals surface area contributed by atoms with Crippen LogP contribution in [0.4, 0.5) is 25.1 Å². The first kappa shape index (κ1) is 27.0. The molecule has 2 aliphatic rings. The van der Waals surface area contributed by atoms with E-state index in [4.69, 9.17) is 4.52 Å². The number of fused-ring (bicyclic) bond motifs is 1. The second-order valence-electron chi connectivity index (χ2n) is 10.9. The number of hydrogen-bond acceptors (Lipinski definition) is 8. The Hall–Kier alpha value is -4.19. The van der Waals surface area contributed by atoms with Gasteiger partial charge in [-0.3, -0.25) is 4.90 Å². The van der Waals surface area contributed by atoms with Crippen molar-refractivity contribution in [3.8, 4) is 11.1 Å². The normalized spacial score (nSPS) is 16.8. The van der Waals surface area contributed by atoms with E-state index in [0.717, 1.165) is 29.6 Å². The maximum atomic E-state index is 15.3. The van der Waals surface area contributed by atoms with Gasteiger partial charge in [0, 0.05) is 49.6 Å². The van der Waals surface area contributed by atoms with Gasteiger partial charge in [-0.25, -0.2) is 23.5 Å². The molecule has 2 aromatic heterocycles. The number of β-amino-alcohol motifs (C(OH)–C–C–N with tert-alkyl or cyclic N) is 1. The first-order chi connectivity index (χ1) is 19.7. The van der Waals surface area contributed by atoms with Crippen LogP contribution >= 0.6 is 0 Å². The van der Waals surface area contributed by atoms with Crippen molar-refractivity contribution in [3.63, 3.8) is 0 Å².